The van der Waals surface area contributed by atoms with Crippen molar-refractivity contribution < 1.29 is 4.92 Å². The molecule has 1 aliphatic rings. The lowest BCUT2D eigenvalue weighted by Crippen LogP contribution is -2.28. The van der Waals surface area contributed by atoms with Crippen molar-refractivity contribution in [1.29, 1.82) is 5.26 Å². The first kappa shape index (κ1) is 16.9. The molecule has 2 heterocycles. The van der Waals surface area contributed by atoms with Crippen molar-refractivity contribution in [1.82, 2.24) is 14.9 Å². The number of nitro groups is 1. The summed E-state index contributed by atoms with van der Waals surface area (Å²) >= 11 is 0. The van der Waals surface area contributed by atoms with Crippen LogP contribution in [0.4, 0.5) is 5.69 Å². The molecule has 2 aromatic carbocycles. The van der Waals surface area contributed by atoms with Crippen LogP contribution in [-0.2, 0) is 0 Å². The van der Waals surface area contributed by atoms with Crippen LogP contribution in [0.1, 0.15) is 30.3 Å². The average molecular weight is 361 g/mol. The van der Waals surface area contributed by atoms with E-state index in [0.29, 0.717) is 22.6 Å². The van der Waals surface area contributed by atoms with Gasteiger partial charge in [0.2, 0.25) is 0 Å². The van der Waals surface area contributed by atoms with Gasteiger partial charge in [0.15, 0.2) is 0 Å². The van der Waals surface area contributed by atoms with Gasteiger partial charge in [0.1, 0.15) is 5.82 Å². The van der Waals surface area contributed by atoms with Crippen LogP contribution in [0.5, 0.6) is 0 Å². The van der Waals surface area contributed by atoms with E-state index >= 15 is 0 Å². The Balaban J connectivity index is 2.04. The van der Waals surface area contributed by atoms with Crippen molar-refractivity contribution in [3.63, 3.8) is 0 Å². The maximum Gasteiger partial charge on any atom is 0.270 e. The zero-order valence-electron chi connectivity index (χ0n) is 14.3. The topological polar surface area (TPSA) is 114 Å². The third-order valence-electron chi connectivity index (χ3n) is 4.69. The highest BCUT2D eigenvalue weighted by Gasteiger charge is 2.24. The molecule has 0 radical (unpaired) electrons. The van der Waals surface area contributed by atoms with Gasteiger partial charge >= 0.3 is 0 Å². The van der Waals surface area contributed by atoms with Gasteiger partial charge in [0.25, 0.3) is 11.2 Å². The first-order valence-corrected chi connectivity index (χ1v) is 8.53. The standard InChI is InChI=1S/C19H15N5O3/c20-11-12-3-1-4-13(9-12)23-18(17-5-2-8-21-17)22-16-7-6-14(24(26)27)10-15(16)19(23)25/h1,3-4,6-7,9-10,17,21H,2,5,8H2. The number of nitro benzene ring substituents is 1. The SMILES string of the molecule is N#Cc1cccc(-n2c(C3CCCN3)nc3ccc([N+](=O)[O-])cc3c2=O)c1. The van der Waals surface area contributed by atoms with Gasteiger partial charge in [-0.3, -0.25) is 19.5 Å². The van der Waals surface area contributed by atoms with E-state index in [1.165, 1.54) is 22.8 Å². The number of aromatic nitrogens is 2. The van der Waals surface area contributed by atoms with Gasteiger partial charge in [-0.05, 0) is 43.7 Å². The number of hydrogen-bond donors (Lipinski definition) is 1. The lowest BCUT2D eigenvalue weighted by Gasteiger charge is -2.18. The lowest BCUT2D eigenvalue weighted by atomic mass is 10.1. The molecule has 0 spiro atoms. The Labute approximate surface area is 153 Å². The zero-order chi connectivity index (χ0) is 19.0. The monoisotopic (exact) mass is 361 g/mol. The van der Waals surface area contributed by atoms with Gasteiger partial charge in [-0.25, -0.2) is 4.98 Å². The molecule has 1 aliphatic heterocycles. The average Bonchev–Trinajstić information content (AvgIpc) is 3.22. The first-order valence-electron chi connectivity index (χ1n) is 8.53. The van der Waals surface area contributed by atoms with Crippen LogP contribution in [0, 0.1) is 21.4 Å². The molecule has 1 unspecified atom stereocenters. The second-order valence-electron chi connectivity index (χ2n) is 6.38. The highest BCUT2D eigenvalue weighted by atomic mass is 16.6. The van der Waals surface area contributed by atoms with Gasteiger partial charge in [-0.15, -0.1) is 0 Å². The summed E-state index contributed by atoms with van der Waals surface area (Å²) in [6, 6.07) is 12.8. The Morgan fingerprint density at radius 1 is 1.30 bits per heavy atom. The van der Waals surface area contributed by atoms with E-state index in [1.54, 1.807) is 24.3 Å². The van der Waals surface area contributed by atoms with Gasteiger partial charge in [-0.1, -0.05) is 6.07 Å². The molecule has 8 nitrogen and oxygen atoms in total. The molecular weight excluding hydrogens is 346 g/mol. The quantitative estimate of drug-likeness (QED) is 0.566. The molecule has 8 heteroatoms. The fourth-order valence-corrected chi connectivity index (χ4v) is 3.41. The number of nitriles is 1. The predicted octanol–water partition coefficient (Wildman–Crippen LogP) is 2.59. The molecule has 1 atom stereocenters. The molecule has 0 amide bonds. The summed E-state index contributed by atoms with van der Waals surface area (Å²) in [5, 5.41) is 23.8. The minimum Gasteiger partial charge on any atom is -0.307 e. The molecule has 1 fully saturated rings. The molecule has 3 aromatic rings. The van der Waals surface area contributed by atoms with E-state index in [9.17, 15) is 20.2 Å². The molecule has 0 saturated carbocycles. The van der Waals surface area contributed by atoms with Gasteiger partial charge in [-0.2, -0.15) is 5.26 Å². The van der Waals surface area contributed by atoms with Gasteiger partial charge in [0, 0.05) is 12.1 Å². The maximum atomic E-state index is 13.3. The Bertz CT molecular complexity index is 1160. The second kappa shape index (κ2) is 6.63. The summed E-state index contributed by atoms with van der Waals surface area (Å²) in [4.78, 5) is 28.5. The number of rotatable bonds is 3. The Kier molecular flexibility index (Phi) is 4.14. The Hall–Kier alpha value is -3.57. The van der Waals surface area contributed by atoms with E-state index < -0.39 is 4.92 Å². The van der Waals surface area contributed by atoms with Crippen LogP contribution < -0.4 is 10.9 Å². The summed E-state index contributed by atoms with van der Waals surface area (Å²) in [5.41, 5.74) is 0.808. The van der Waals surface area contributed by atoms with Crippen molar-refractivity contribution in [2.24, 2.45) is 0 Å². The maximum absolute atomic E-state index is 13.3. The normalized spacial score (nSPS) is 16.3. The van der Waals surface area contributed by atoms with Crippen molar-refractivity contribution in [2.45, 2.75) is 18.9 Å². The van der Waals surface area contributed by atoms with Gasteiger partial charge in [0.05, 0.1) is 39.2 Å². The highest BCUT2D eigenvalue weighted by Crippen LogP contribution is 2.26. The van der Waals surface area contributed by atoms with Crippen LogP contribution >= 0.6 is 0 Å². The third-order valence-corrected chi connectivity index (χ3v) is 4.69. The summed E-state index contributed by atoms with van der Waals surface area (Å²) in [5.74, 6) is 0.550. The van der Waals surface area contributed by atoms with Crippen molar-refractivity contribution in [3.8, 4) is 11.8 Å². The molecule has 27 heavy (non-hydrogen) atoms. The molecule has 1 aromatic heterocycles. The van der Waals surface area contributed by atoms with Crippen molar-refractivity contribution >= 4 is 16.6 Å². The number of nitrogens with one attached hydrogen (secondary N) is 1. The molecule has 134 valence electrons. The van der Waals surface area contributed by atoms with E-state index in [-0.39, 0.29) is 22.7 Å². The molecule has 0 aliphatic carbocycles. The summed E-state index contributed by atoms with van der Waals surface area (Å²) in [6.07, 6.45) is 1.81. The zero-order valence-corrected chi connectivity index (χ0v) is 14.3. The van der Waals surface area contributed by atoms with E-state index in [1.807, 2.05) is 0 Å². The second-order valence-corrected chi connectivity index (χ2v) is 6.38. The molecule has 1 saturated heterocycles. The number of benzene rings is 2. The molecule has 4 rings (SSSR count). The fourth-order valence-electron chi connectivity index (χ4n) is 3.41. The molecular formula is C19H15N5O3. The largest absolute Gasteiger partial charge is 0.307 e. The first-order chi connectivity index (χ1) is 13.1. The minimum absolute atomic E-state index is 0.0944. The van der Waals surface area contributed by atoms with Crippen LogP contribution in [0.2, 0.25) is 0 Å². The van der Waals surface area contributed by atoms with Crippen molar-refractivity contribution in [3.05, 3.63) is 74.3 Å². The number of fused-ring (bicyclic) bond motifs is 1. The number of hydrogen-bond acceptors (Lipinski definition) is 6. The Morgan fingerprint density at radius 3 is 2.85 bits per heavy atom. The van der Waals surface area contributed by atoms with Crippen LogP contribution in [0.3, 0.4) is 0 Å². The van der Waals surface area contributed by atoms with E-state index in [0.717, 1.165) is 19.4 Å². The van der Waals surface area contributed by atoms with Crippen LogP contribution in [0.25, 0.3) is 16.6 Å². The van der Waals surface area contributed by atoms with E-state index in [4.69, 9.17) is 0 Å². The summed E-state index contributed by atoms with van der Waals surface area (Å²) in [7, 11) is 0. The highest BCUT2D eigenvalue weighted by molar-refractivity contribution is 5.80. The molecule has 0 bridgehead atoms. The van der Waals surface area contributed by atoms with Crippen LogP contribution in [-0.4, -0.2) is 21.0 Å². The minimum atomic E-state index is -0.536. The Morgan fingerprint density at radius 2 is 2.15 bits per heavy atom. The van der Waals surface area contributed by atoms with Crippen molar-refractivity contribution in [2.75, 3.05) is 6.54 Å². The summed E-state index contributed by atoms with van der Waals surface area (Å²) < 4.78 is 1.45. The molecule has 1 N–H and O–H groups in total. The van der Waals surface area contributed by atoms with Crippen LogP contribution in [0.15, 0.2) is 47.3 Å². The smallest absolute Gasteiger partial charge is 0.270 e. The lowest BCUT2D eigenvalue weighted by molar-refractivity contribution is -0.384. The van der Waals surface area contributed by atoms with Gasteiger partial charge < -0.3 is 5.32 Å². The fraction of sp³-hybridized carbons (Fsp3) is 0.211. The predicted molar refractivity (Wildman–Crippen MR) is 98.7 cm³/mol. The summed E-state index contributed by atoms with van der Waals surface area (Å²) in [6.45, 7) is 0.830. The third kappa shape index (κ3) is 2.94. The number of non-ortho nitro benzene ring substituents is 1. The van der Waals surface area contributed by atoms with E-state index in [2.05, 4.69) is 16.4 Å². The number of nitrogens with zero attached hydrogens (tertiary/aromatic N) is 4.